The largest absolute Gasteiger partial charge is 0.452 e. The Labute approximate surface area is 152 Å². The molecular weight excluding hydrogens is 371 g/mol. The maximum atomic E-state index is 12.7. The van der Waals surface area contributed by atoms with Crippen molar-refractivity contribution in [2.45, 2.75) is 25.6 Å². The Morgan fingerprint density at radius 1 is 1.15 bits per heavy atom. The summed E-state index contributed by atoms with van der Waals surface area (Å²) in [7, 11) is 0. The Morgan fingerprint density at radius 2 is 1.85 bits per heavy atom. The summed E-state index contributed by atoms with van der Waals surface area (Å²) < 4.78 is 43.0. The molecule has 0 aliphatic heterocycles. The van der Waals surface area contributed by atoms with Gasteiger partial charge in [-0.15, -0.1) is 0 Å². The number of hydrogen-bond acceptors (Lipinski definition) is 3. The van der Waals surface area contributed by atoms with Crippen LogP contribution in [0, 0.1) is 0 Å². The Bertz CT molecular complexity index is 808. The van der Waals surface area contributed by atoms with Crippen LogP contribution in [-0.4, -0.2) is 18.0 Å². The number of amides is 1. The van der Waals surface area contributed by atoms with Gasteiger partial charge in [-0.05, 0) is 30.7 Å². The molecule has 0 aromatic heterocycles. The number of esters is 1. The minimum absolute atomic E-state index is 0.142. The highest BCUT2D eigenvalue weighted by Gasteiger charge is 2.30. The maximum Gasteiger partial charge on any atom is 0.416 e. The van der Waals surface area contributed by atoms with Crippen LogP contribution in [0.3, 0.4) is 0 Å². The monoisotopic (exact) mass is 385 g/mol. The number of hydrogen-bond donors (Lipinski definition) is 1. The number of ether oxygens (including phenoxy) is 1. The van der Waals surface area contributed by atoms with E-state index in [-0.39, 0.29) is 12.0 Å². The second-order valence-electron chi connectivity index (χ2n) is 5.48. The minimum Gasteiger partial charge on any atom is -0.452 e. The molecule has 0 saturated carbocycles. The predicted octanol–water partition coefficient (Wildman–Crippen LogP) is 4.47. The molecule has 0 aliphatic rings. The van der Waals surface area contributed by atoms with Gasteiger partial charge in [0.25, 0.3) is 5.91 Å². The predicted molar refractivity (Wildman–Crippen MR) is 90.8 cm³/mol. The van der Waals surface area contributed by atoms with Gasteiger partial charge in [0.15, 0.2) is 6.10 Å². The molecule has 0 saturated heterocycles. The van der Waals surface area contributed by atoms with Crippen LogP contribution in [0.25, 0.3) is 0 Å². The molecule has 4 nitrogen and oxygen atoms in total. The molecule has 0 spiro atoms. The zero-order chi connectivity index (χ0) is 19.3. The lowest BCUT2D eigenvalue weighted by atomic mass is 10.1. The van der Waals surface area contributed by atoms with Crippen LogP contribution in [0.5, 0.6) is 0 Å². The Kier molecular flexibility index (Phi) is 6.26. The summed E-state index contributed by atoms with van der Waals surface area (Å²) in [6.45, 7) is 1.36. The zero-order valence-electron chi connectivity index (χ0n) is 13.6. The van der Waals surface area contributed by atoms with Gasteiger partial charge in [0, 0.05) is 0 Å². The number of rotatable bonds is 5. The van der Waals surface area contributed by atoms with Crippen molar-refractivity contribution >= 4 is 29.2 Å². The van der Waals surface area contributed by atoms with Gasteiger partial charge in [-0.3, -0.25) is 9.59 Å². The summed E-state index contributed by atoms with van der Waals surface area (Å²) in [5, 5.41) is 2.83. The van der Waals surface area contributed by atoms with Gasteiger partial charge in [0.2, 0.25) is 0 Å². The molecule has 2 rings (SSSR count). The summed E-state index contributed by atoms with van der Waals surface area (Å²) >= 11 is 5.92. The number of halogens is 4. The van der Waals surface area contributed by atoms with Gasteiger partial charge < -0.3 is 10.1 Å². The van der Waals surface area contributed by atoms with Crippen LogP contribution < -0.4 is 5.32 Å². The van der Waals surface area contributed by atoms with E-state index in [0.717, 1.165) is 12.1 Å². The first-order valence-electron chi connectivity index (χ1n) is 7.58. The molecule has 0 fully saturated rings. The van der Waals surface area contributed by atoms with Gasteiger partial charge in [-0.1, -0.05) is 41.9 Å². The molecule has 8 heteroatoms. The first-order chi connectivity index (χ1) is 12.2. The number of nitrogens with one attached hydrogen (secondary N) is 1. The molecule has 1 atom stereocenters. The molecule has 0 radical (unpaired) electrons. The quantitative estimate of drug-likeness (QED) is 0.772. The topological polar surface area (TPSA) is 55.4 Å². The van der Waals surface area contributed by atoms with Crippen LogP contribution in [0.1, 0.15) is 18.1 Å². The molecular formula is C18H15ClF3NO3. The van der Waals surface area contributed by atoms with Gasteiger partial charge in [-0.2, -0.15) is 13.2 Å². The molecule has 1 unspecified atom stereocenters. The average molecular weight is 386 g/mol. The van der Waals surface area contributed by atoms with Crippen LogP contribution in [0.2, 0.25) is 5.02 Å². The first kappa shape index (κ1) is 19.8. The molecule has 138 valence electrons. The van der Waals surface area contributed by atoms with Crippen LogP contribution in [0.4, 0.5) is 18.9 Å². The van der Waals surface area contributed by atoms with Crippen molar-refractivity contribution in [2.24, 2.45) is 0 Å². The highest BCUT2D eigenvalue weighted by molar-refractivity contribution is 6.33. The van der Waals surface area contributed by atoms with Crippen LogP contribution in [0.15, 0.2) is 48.5 Å². The Hall–Kier alpha value is -2.54. The lowest BCUT2D eigenvalue weighted by Gasteiger charge is -2.14. The SMILES string of the molecule is CC(OC(=O)Cc1cccc(C(F)(F)F)c1)C(=O)Nc1ccccc1Cl. The van der Waals surface area contributed by atoms with E-state index in [9.17, 15) is 22.8 Å². The highest BCUT2D eigenvalue weighted by atomic mass is 35.5. The third kappa shape index (κ3) is 5.49. The number of carbonyl (C=O) groups is 2. The number of benzene rings is 2. The van der Waals surface area contributed by atoms with Crippen LogP contribution in [-0.2, 0) is 26.9 Å². The summed E-state index contributed by atoms with van der Waals surface area (Å²) in [6.07, 6.45) is -6.01. The van der Waals surface area contributed by atoms with Crippen molar-refractivity contribution in [3.05, 3.63) is 64.7 Å². The zero-order valence-corrected chi connectivity index (χ0v) is 14.4. The van der Waals surface area contributed by atoms with E-state index >= 15 is 0 Å². The molecule has 0 bridgehead atoms. The van der Waals surface area contributed by atoms with E-state index in [1.165, 1.54) is 19.1 Å². The third-order valence-corrected chi connectivity index (χ3v) is 3.74. The van der Waals surface area contributed by atoms with E-state index < -0.39 is 29.7 Å². The summed E-state index contributed by atoms with van der Waals surface area (Å²) in [5.41, 5.74) is -0.351. The van der Waals surface area contributed by atoms with Crippen molar-refractivity contribution in [2.75, 3.05) is 5.32 Å². The number of anilines is 1. The van der Waals surface area contributed by atoms with Crippen LogP contribution >= 0.6 is 11.6 Å². The number of carbonyl (C=O) groups excluding carboxylic acids is 2. The number of para-hydroxylation sites is 1. The maximum absolute atomic E-state index is 12.7. The second kappa shape index (κ2) is 8.23. The van der Waals surface area contributed by atoms with Crippen molar-refractivity contribution in [1.29, 1.82) is 0 Å². The van der Waals surface area contributed by atoms with E-state index in [2.05, 4.69) is 5.32 Å². The van der Waals surface area contributed by atoms with Gasteiger partial charge >= 0.3 is 12.1 Å². The van der Waals surface area contributed by atoms with Gasteiger partial charge in [0.05, 0.1) is 22.7 Å². The molecule has 0 heterocycles. The summed E-state index contributed by atoms with van der Waals surface area (Å²) in [4.78, 5) is 23.9. The van der Waals surface area contributed by atoms with E-state index in [4.69, 9.17) is 16.3 Å². The fourth-order valence-corrected chi connectivity index (χ4v) is 2.30. The lowest BCUT2D eigenvalue weighted by molar-refractivity contribution is -0.152. The normalized spacial score (nSPS) is 12.3. The van der Waals surface area contributed by atoms with E-state index in [1.807, 2.05) is 0 Å². The molecule has 26 heavy (non-hydrogen) atoms. The molecule has 0 aliphatic carbocycles. The summed E-state index contributed by atoms with van der Waals surface area (Å²) in [6, 6.07) is 10.9. The van der Waals surface area contributed by atoms with Gasteiger partial charge in [-0.25, -0.2) is 0 Å². The molecule has 1 N–H and O–H groups in total. The van der Waals surface area contributed by atoms with Crippen molar-refractivity contribution in [3.8, 4) is 0 Å². The average Bonchev–Trinajstić information content (AvgIpc) is 2.56. The second-order valence-corrected chi connectivity index (χ2v) is 5.88. The Balaban J connectivity index is 1.95. The molecule has 1 amide bonds. The van der Waals surface area contributed by atoms with Gasteiger partial charge in [0.1, 0.15) is 0 Å². The first-order valence-corrected chi connectivity index (χ1v) is 7.95. The molecule has 2 aromatic carbocycles. The van der Waals surface area contributed by atoms with Crippen molar-refractivity contribution < 1.29 is 27.5 Å². The van der Waals surface area contributed by atoms with E-state index in [1.54, 1.807) is 24.3 Å². The minimum atomic E-state index is -4.50. The van der Waals surface area contributed by atoms with E-state index in [0.29, 0.717) is 10.7 Å². The lowest BCUT2D eigenvalue weighted by Crippen LogP contribution is -2.30. The van der Waals surface area contributed by atoms with Crippen molar-refractivity contribution in [1.82, 2.24) is 0 Å². The third-order valence-electron chi connectivity index (χ3n) is 3.41. The fourth-order valence-electron chi connectivity index (χ4n) is 2.11. The highest BCUT2D eigenvalue weighted by Crippen LogP contribution is 2.29. The fraction of sp³-hybridized carbons (Fsp3) is 0.222. The van der Waals surface area contributed by atoms with Crippen molar-refractivity contribution in [3.63, 3.8) is 0 Å². The smallest absolute Gasteiger partial charge is 0.416 e. The Morgan fingerprint density at radius 3 is 2.50 bits per heavy atom. The molecule has 2 aromatic rings. The standard InChI is InChI=1S/C18H15ClF3NO3/c1-11(17(25)23-15-8-3-2-7-14(15)19)26-16(24)10-12-5-4-6-13(9-12)18(20,21)22/h2-9,11H,10H2,1H3,(H,23,25). The number of alkyl halides is 3. The summed E-state index contributed by atoms with van der Waals surface area (Å²) in [5.74, 6) is -1.42.